The first-order valence-electron chi connectivity index (χ1n) is 4.57. The van der Waals surface area contributed by atoms with Gasteiger partial charge in [0.25, 0.3) is 9.05 Å². The molecule has 0 saturated heterocycles. The van der Waals surface area contributed by atoms with Gasteiger partial charge in [0.05, 0.1) is 17.4 Å². The first-order chi connectivity index (χ1) is 8.04. The molecule has 5 nitrogen and oxygen atoms in total. The Hall–Kier alpha value is -1.66. The molecule has 0 saturated carbocycles. The summed E-state index contributed by atoms with van der Waals surface area (Å²) in [5, 5.41) is 3.53. The van der Waals surface area contributed by atoms with Crippen LogP contribution in [0.5, 0.6) is 0 Å². The van der Waals surface area contributed by atoms with Gasteiger partial charge in [0.15, 0.2) is 11.3 Å². The van der Waals surface area contributed by atoms with Crippen LogP contribution in [-0.4, -0.2) is 24.5 Å². The van der Waals surface area contributed by atoms with Crippen molar-refractivity contribution in [2.24, 2.45) is 0 Å². The van der Waals surface area contributed by atoms with Gasteiger partial charge in [-0.15, -0.1) is 0 Å². The molecule has 0 radical (unpaired) electrons. The molecule has 0 amide bonds. The van der Waals surface area contributed by atoms with E-state index >= 15 is 0 Å². The van der Waals surface area contributed by atoms with Gasteiger partial charge in [-0.05, 0) is 12.1 Å². The molecule has 17 heavy (non-hydrogen) atoms. The van der Waals surface area contributed by atoms with Crippen molar-refractivity contribution >= 4 is 26.0 Å². The summed E-state index contributed by atoms with van der Waals surface area (Å²) < 4.78 is 23.9. The summed E-state index contributed by atoms with van der Waals surface area (Å²) in [6, 6.07) is 8.55. The second-order valence-corrected chi connectivity index (χ2v) is 5.69. The van der Waals surface area contributed by atoms with E-state index < -0.39 is 9.05 Å². The summed E-state index contributed by atoms with van der Waals surface area (Å²) in [5.74, 6) is 0. The van der Waals surface area contributed by atoms with Crippen LogP contribution in [0.3, 0.4) is 0 Å². The molecule has 88 valence electrons. The van der Waals surface area contributed by atoms with Crippen LogP contribution in [0.4, 0.5) is 0 Å². The maximum atomic E-state index is 11.4. The molecular formula is C10H7ClN2O3S. The van der Waals surface area contributed by atoms with E-state index in [-0.39, 0.29) is 10.6 Å². The van der Waals surface area contributed by atoms with Crippen LogP contribution in [0.25, 0.3) is 5.69 Å². The van der Waals surface area contributed by atoms with Gasteiger partial charge in [0.2, 0.25) is 0 Å². The predicted octanol–water partition coefficient (Wildman–Crippen LogP) is 1.61. The highest BCUT2D eigenvalue weighted by atomic mass is 35.7. The van der Waals surface area contributed by atoms with Crippen LogP contribution >= 0.6 is 10.7 Å². The Morgan fingerprint density at radius 1 is 1.24 bits per heavy atom. The van der Waals surface area contributed by atoms with E-state index in [1.165, 1.54) is 0 Å². The van der Waals surface area contributed by atoms with Crippen molar-refractivity contribution < 1.29 is 13.2 Å². The van der Waals surface area contributed by atoms with Gasteiger partial charge < -0.3 is 0 Å². The van der Waals surface area contributed by atoms with Crippen molar-refractivity contribution in [1.82, 2.24) is 9.78 Å². The van der Waals surface area contributed by atoms with E-state index in [1.54, 1.807) is 30.3 Å². The quantitative estimate of drug-likeness (QED) is 0.628. The number of rotatable bonds is 3. The average molecular weight is 271 g/mol. The zero-order chi connectivity index (χ0) is 12.5. The maximum absolute atomic E-state index is 11.4. The van der Waals surface area contributed by atoms with E-state index in [9.17, 15) is 13.2 Å². The summed E-state index contributed by atoms with van der Waals surface area (Å²) in [7, 11) is 1.25. The van der Waals surface area contributed by atoms with Gasteiger partial charge in [-0.1, -0.05) is 18.2 Å². The van der Waals surface area contributed by atoms with Crippen LogP contribution in [0, 0.1) is 0 Å². The molecule has 0 fully saturated rings. The fourth-order valence-corrected chi connectivity index (χ4v) is 2.63. The highest BCUT2D eigenvalue weighted by Gasteiger charge is 2.23. The smallest absolute Gasteiger partial charge is 0.279 e. The molecule has 0 bridgehead atoms. The number of nitrogens with zero attached hydrogens (tertiary/aromatic N) is 2. The lowest BCUT2D eigenvalue weighted by Crippen LogP contribution is -2.06. The SMILES string of the molecule is O=Cc1cnn(-c2ccccc2)c1S(=O)(=O)Cl. The average Bonchev–Trinajstić information content (AvgIpc) is 2.73. The zero-order valence-corrected chi connectivity index (χ0v) is 10.0. The Morgan fingerprint density at radius 3 is 2.41 bits per heavy atom. The summed E-state index contributed by atoms with van der Waals surface area (Å²) in [4.78, 5) is 10.7. The summed E-state index contributed by atoms with van der Waals surface area (Å²) in [5.41, 5.74) is 0.448. The fourth-order valence-electron chi connectivity index (χ4n) is 1.43. The van der Waals surface area contributed by atoms with E-state index in [0.717, 1.165) is 10.9 Å². The van der Waals surface area contributed by atoms with Crippen molar-refractivity contribution in [2.45, 2.75) is 5.03 Å². The Balaban J connectivity index is 2.73. The van der Waals surface area contributed by atoms with Gasteiger partial charge >= 0.3 is 0 Å². The Bertz CT molecular complexity index is 649. The lowest BCUT2D eigenvalue weighted by atomic mass is 10.3. The molecule has 0 aliphatic rings. The lowest BCUT2D eigenvalue weighted by molar-refractivity contribution is 0.112. The van der Waals surface area contributed by atoms with Crippen molar-refractivity contribution in [3.63, 3.8) is 0 Å². The monoisotopic (exact) mass is 270 g/mol. The Labute approximate surface area is 102 Å². The molecule has 7 heteroatoms. The van der Waals surface area contributed by atoms with E-state index in [4.69, 9.17) is 10.7 Å². The third-order valence-corrected chi connectivity index (χ3v) is 3.42. The second kappa shape index (κ2) is 4.31. The number of hydrogen-bond acceptors (Lipinski definition) is 4. The molecule has 0 spiro atoms. The molecule has 0 atom stereocenters. The van der Waals surface area contributed by atoms with Gasteiger partial charge in [0, 0.05) is 10.7 Å². The van der Waals surface area contributed by atoms with E-state index in [2.05, 4.69) is 5.10 Å². The zero-order valence-electron chi connectivity index (χ0n) is 8.45. The highest BCUT2D eigenvalue weighted by Crippen LogP contribution is 2.22. The molecule has 1 aromatic carbocycles. The topological polar surface area (TPSA) is 69.0 Å². The third kappa shape index (κ3) is 2.22. The van der Waals surface area contributed by atoms with Gasteiger partial charge in [0.1, 0.15) is 0 Å². The normalized spacial score (nSPS) is 11.4. The van der Waals surface area contributed by atoms with E-state index in [1.807, 2.05) is 0 Å². The first kappa shape index (κ1) is 11.8. The molecule has 2 rings (SSSR count). The summed E-state index contributed by atoms with van der Waals surface area (Å²) in [6.07, 6.45) is 1.57. The van der Waals surface area contributed by atoms with Crippen LogP contribution in [-0.2, 0) is 9.05 Å². The van der Waals surface area contributed by atoms with Gasteiger partial charge in [-0.25, -0.2) is 13.1 Å². The fraction of sp³-hybridized carbons (Fsp3) is 0. The van der Waals surface area contributed by atoms with Crippen LogP contribution in [0.1, 0.15) is 10.4 Å². The number of carbonyl (C=O) groups excluding carboxylic acids is 1. The van der Waals surface area contributed by atoms with Crippen LogP contribution in [0.15, 0.2) is 41.6 Å². The van der Waals surface area contributed by atoms with E-state index in [0.29, 0.717) is 12.0 Å². The van der Waals surface area contributed by atoms with Crippen molar-refractivity contribution in [1.29, 1.82) is 0 Å². The second-order valence-electron chi connectivity index (χ2n) is 3.21. The number of benzene rings is 1. The standard InChI is InChI=1S/C10H7ClN2O3S/c11-17(15,16)10-8(7-14)6-12-13(10)9-4-2-1-3-5-9/h1-7H. The number of hydrogen-bond donors (Lipinski definition) is 0. The Kier molecular flexibility index (Phi) is 2.99. The molecule has 0 aliphatic heterocycles. The molecule has 1 aromatic heterocycles. The van der Waals surface area contributed by atoms with Crippen LogP contribution in [0.2, 0.25) is 0 Å². The Morgan fingerprint density at radius 2 is 1.88 bits per heavy atom. The van der Waals surface area contributed by atoms with Crippen LogP contribution < -0.4 is 0 Å². The first-order valence-corrected chi connectivity index (χ1v) is 6.88. The predicted molar refractivity (Wildman–Crippen MR) is 62.0 cm³/mol. The van der Waals surface area contributed by atoms with Crippen molar-refractivity contribution in [2.75, 3.05) is 0 Å². The number of carbonyl (C=O) groups is 1. The van der Waals surface area contributed by atoms with Crippen molar-refractivity contribution in [3.05, 3.63) is 42.1 Å². The highest BCUT2D eigenvalue weighted by molar-refractivity contribution is 8.13. The maximum Gasteiger partial charge on any atom is 0.279 e. The number of aldehydes is 1. The van der Waals surface area contributed by atoms with Gasteiger partial charge in [-0.3, -0.25) is 4.79 Å². The largest absolute Gasteiger partial charge is 0.298 e. The third-order valence-electron chi connectivity index (χ3n) is 2.11. The minimum absolute atomic E-state index is 0.0659. The number of halogens is 1. The molecule has 0 unspecified atom stereocenters. The minimum atomic E-state index is -4.04. The summed E-state index contributed by atoms with van der Waals surface area (Å²) >= 11 is 0. The molecule has 0 N–H and O–H groups in total. The lowest BCUT2D eigenvalue weighted by Gasteiger charge is -2.04. The minimum Gasteiger partial charge on any atom is -0.298 e. The molecule has 2 aromatic rings. The number of aromatic nitrogens is 2. The summed E-state index contributed by atoms with van der Waals surface area (Å²) in [6.45, 7) is 0. The molecule has 0 aliphatic carbocycles. The molecule has 1 heterocycles. The van der Waals surface area contributed by atoms with Crippen molar-refractivity contribution in [3.8, 4) is 5.69 Å². The van der Waals surface area contributed by atoms with Gasteiger partial charge in [-0.2, -0.15) is 5.10 Å². The number of para-hydroxylation sites is 1. The molecular weight excluding hydrogens is 264 g/mol.